The van der Waals surface area contributed by atoms with Crippen LogP contribution in [0.1, 0.15) is 5.56 Å². The highest BCUT2D eigenvalue weighted by Gasteiger charge is 2.32. The van der Waals surface area contributed by atoms with Crippen LogP contribution >= 0.6 is 0 Å². The summed E-state index contributed by atoms with van der Waals surface area (Å²) >= 11 is 0. The van der Waals surface area contributed by atoms with Gasteiger partial charge in [0.1, 0.15) is 5.75 Å². The van der Waals surface area contributed by atoms with Gasteiger partial charge < -0.3 is 9.64 Å². The van der Waals surface area contributed by atoms with Crippen LogP contribution in [0.15, 0.2) is 30.9 Å². The smallest absolute Gasteiger partial charge is 0.405 e. The molecular weight excluding hydrogens is 281 g/mol. The maximum absolute atomic E-state index is 12.4. The van der Waals surface area contributed by atoms with Gasteiger partial charge in [-0.15, -0.1) is 19.8 Å². The Hall–Kier alpha value is -1.69. The summed E-state index contributed by atoms with van der Waals surface area (Å²) in [4.78, 5) is 4.35. The van der Waals surface area contributed by atoms with Crippen molar-refractivity contribution >= 4 is 5.69 Å². The summed E-state index contributed by atoms with van der Waals surface area (Å²) < 4.78 is 41.2. The van der Waals surface area contributed by atoms with Gasteiger partial charge in [0.15, 0.2) is 0 Å². The van der Waals surface area contributed by atoms with E-state index in [4.69, 9.17) is 0 Å². The fraction of sp³-hybridized carbons (Fsp3) is 0.467. The third kappa shape index (κ3) is 4.14. The molecule has 0 aromatic heterocycles. The van der Waals surface area contributed by atoms with Crippen LogP contribution in [-0.4, -0.2) is 44.0 Å². The van der Waals surface area contributed by atoms with E-state index >= 15 is 0 Å². The van der Waals surface area contributed by atoms with Crippen molar-refractivity contribution in [3.05, 3.63) is 36.4 Å². The average molecular weight is 300 g/mol. The van der Waals surface area contributed by atoms with Crippen LogP contribution < -0.4 is 9.64 Å². The number of halogens is 3. The fourth-order valence-corrected chi connectivity index (χ4v) is 2.53. The third-order valence-corrected chi connectivity index (χ3v) is 3.58. The summed E-state index contributed by atoms with van der Waals surface area (Å²) in [6.07, 6.45) is -2.80. The monoisotopic (exact) mass is 300 g/mol. The Bertz CT molecular complexity index is 494. The molecule has 1 fully saturated rings. The molecule has 1 heterocycles. The first-order valence-corrected chi connectivity index (χ1v) is 6.84. The van der Waals surface area contributed by atoms with Gasteiger partial charge in [0.2, 0.25) is 0 Å². The molecule has 6 heteroatoms. The molecule has 0 unspecified atom stereocenters. The molecule has 0 radical (unpaired) electrons. The highest BCUT2D eigenvalue weighted by Crippen LogP contribution is 2.32. The summed E-state index contributed by atoms with van der Waals surface area (Å²) in [5.41, 5.74) is 1.32. The molecular formula is C15H19F3N2O. The number of piperazine rings is 1. The van der Waals surface area contributed by atoms with Crippen molar-refractivity contribution in [2.24, 2.45) is 0 Å². The molecule has 1 aromatic carbocycles. The maximum Gasteiger partial charge on any atom is 0.573 e. The van der Waals surface area contributed by atoms with E-state index < -0.39 is 6.36 Å². The number of anilines is 1. The van der Waals surface area contributed by atoms with E-state index in [1.54, 1.807) is 13.0 Å². The first-order chi connectivity index (χ1) is 9.90. The van der Waals surface area contributed by atoms with Gasteiger partial charge in [-0.25, -0.2) is 0 Å². The van der Waals surface area contributed by atoms with Crippen molar-refractivity contribution in [1.82, 2.24) is 4.90 Å². The largest absolute Gasteiger partial charge is 0.573 e. The minimum absolute atomic E-state index is 0.131. The van der Waals surface area contributed by atoms with Gasteiger partial charge in [0.25, 0.3) is 0 Å². The second kappa shape index (κ2) is 6.39. The summed E-state index contributed by atoms with van der Waals surface area (Å²) in [5.74, 6) is -0.131. The highest BCUT2D eigenvalue weighted by molar-refractivity contribution is 5.59. The van der Waals surface area contributed by atoms with Crippen LogP contribution in [0.5, 0.6) is 5.75 Å². The molecule has 116 valence electrons. The zero-order valence-corrected chi connectivity index (χ0v) is 12.0. The topological polar surface area (TPSA) is 15.7 Å². The molecule has 0 saturated carbocycles. The first-order valence-electron chi connectivity index (χ1n) is 6.84. The van der Waals surface area contributed by atoms with E-state index in [1.165, 1.54) is 6.07 Å². The van der Waals surface area contributed by atoms with Crippen LogP contribution in [0.4, 0.5) is 18.9 Å². The third-order valence-electron chi connectivity index (χ3n) is 3.58. The van der Waals surface area contributed by atoms with Crippen LogP contribution in [0.3, 0.4) is 0 Å². The average Bonchev–Trinajstić information content (AvgIpc) is 2.41. The molecule has 1 aliphatic heterocycles. The number of alkyl halides is 3. The van der Waals surface area contributed by atoms with Crippen molar-refractivity contribution in [1.29, 1.82) is 0 Å². The number of benzene rings is 1. The Balaban J connectivity index is 2.11. The molecule has 0 spiro atoms. The first kappa shape index (κ1) is 15.7. The summed E-state index contributed by atoms with van der Waals surface area (Å²) in [5, 5.41) is 0. The molecule has 1 aromatic rings. The number of rotatable bonds is 4. The maximum atomic E-state index is 12.4. The molecule has 0 atom stereocenters. The van der Waals surface area contributed by atoms with Crippen LogP contribution in [0, 0.1) is 6.92 Å². The van der Waals surface area contributed by atoms with E-state index in [1.807, 2.05) is 12.1 Å². The number of hydrogen-bond donors (Lipinski definition) is 0. The molecule has 2 rings (SSSR count). The van der Waals surface area contributed by atoms with Gasteiger partial charge in [0, 0.05) is 44.0 Å². The van der Waals surface area contributed by atoms with Crippen molar-refractivity contribution < 1.29 is 17.9 Å². The van der Waals surface area contributed by atoms with Gasteiger partial charge in [0.05, 0.1) is 0 Å². The lowest BCUT2D eigenvalue weighted by Crippen LogP contribution is -2.46. The standard InChI is InChI=1S/C15H19F3N2O/c1-3-7-19-8-10-20(11-9-19)13-5-4-6-14(12(13)2)21-15(16,17)18/h3-6H,1,7-11H2,2H3. The summed E-state index contributed by atoms with van der Waals surface area (Å²) in [7, 11) is 0. The van der Waals surface area contributed by atoms with Gasteiger partial charge in [-0.2, -0.15) is 0 Å². The van der Waals surface area contributed by atoms with Crippen molar-refractivity contribution in [3.8, 4) is 5.75 Å². The molecule has 0 N–H and O–H groups in total. The molecule has 0 amide bonds. The Morgan fingerprint density at radius 1 is 1.24 bits per heavy atom. The Morgan fingerprint density at radius 3 is 2.48 bits per heavy atom. The molecule has 3 nitrogen and oxygen atoms in total. The van der Waals surface area contributed by atoms with E-state index in [0.717, 1.165) is 38.4 Å². The molecule has 1 saturated heterocycles. The second-order valence-corrected chi connectivity index (χ2v) is 5.02. The summed E-state index contributed by atoms with van der Waals surface area (Å²) in [6, 6.07) is 4.78. The Morgan fingerprint density at radius 2 is 1.90 bits per heavy atom. The Kier molecular flexibility index (Phi) is 4.77. The minimum Gasteiger partial charge on any atom is -0.405 e. The van der Waals surface area contributed by atoms with Crippen molar-refractivity contribution in [2.75, 3.05) is 37.6 Å². The Labute approximate surface area is 122 Å². The minimum atomic E-state index is -4.66. The quantitative estimate of drug-likeness (QED) is 0.794. The fourth-order valence-electron chi connectivity index (χ4n) is 2.53. The zero-order valence-electron chi connectivity index (χ0n) is 12.0. The van der Waals surface area contributed by atoms with Crippen molar-refractivity contribution in [3.63, 3.8) is 0 Å². The predicted molar refractivity (Wildman–Crippen MR) is 76.7 cm³/mol. The van der Waals surface area contributed by atoms with Gasteiger partial charge in [-0.3, -0.25) is 4.90 Å². The lowest BCUT2D eigenvalue weighted by Gasteiger charge is -2.36. The summed E-state index contributed by atoms with van der Waals surface area (Å²) in [6.45, 7) is 9.52. The number of ether oxygens (including phenoxy) is 1. The lowest BCUT2D eigenvalue weighted by atomic mass is 10.1. The van der Waals surface area contributed by atoms with Crippen LogP contribution in [-0.2, 0) is 0 Å². The van der Waals surface area contributed by atoms with Gasteiger partial charge in [-0.1, -0.05) is 12.1 Å². The van der Waals surface area contributed by atoms with Crippen LogP contribution in [0.2, 0.25) is 0 Å². The molecule has 21 heavy (non-hydrogen) atoms. The molecule has 1 aliphatic rings. The SMILES string of the molecule is C=CCN1CCN(c2cccc(OC(F)(F)F)c2C)CC1. The number of nitrogens with zero attached hydrogens (tertiary/aromatic N) is 2. The van der Waals surface area contributed by atoms with E-state index in [0.29, 0.717) is 5.56 Å². The van der Waals surface area contributed by atoms with Crippen LogP contribution in [0.25, 0.3) is 0 Å². The normalized spacial score (nSPS) is 16.9. The zero-order chi connectivity index (χ0) is 15.5. The van der Waals surface area contributed by atoms with Crippen molar-refractivity contribution in [2.45, 2.75) is 13.3 Å². The van der Waals surface area contributed by atoms with Gasteiger partial charge >= 0.3 is 6.36 Å². The van der Waals surface area contributed by atoms with E-state index in [2.05, 4.69) is 21.1 Å². The highest BCUT2D eigenvalue weighted by atomic mass is 19.4. The molecule has 0 aliphatic carbocycles. The van der Waals surface area contributed by atoms with E-state index in [-0.39, 0.29) is 5.75 Å². The van der Waals surface area contributed by atoms with E-state index in [9.17, 15) is 13.2 Å². The van der Waals surface area contributed by atoms with Gasteiger partial charge in [-0.05, 0) is 19.1 Å². The number of hydrogen-bond acceptors (Lipinski definition) is 3. The lowest BCUT2D eigenvalue weighted by molar-refractivity contribution is -0.274. The predicted octanol–water partition coefficient (Wildman–Crippen LogP) is 3.20. The second-order valence-electron chi connectivity index (χ2n) is 5.02. The molecule has 0 bridgehead atoms.